The van der Waals surface area contributed by atoms with Gasteiger partial charge in [0.15, 0.2) is 4.90 Å². The van der Waals surface area contributed by atoms with E-state index in [0.717, 1.165) is 4.31 Å². The van der Waals surface area contributed by atoms with Gasteiger partial charge in [0.05, 0.1) is 18.7 Å². The number of rotatable bonds is 5. The van der Waals surface area contributed by atoms with Crippen LogP contribution in [0.25, 0.3) is 0 Å². The van der Waals surface area contributed by atoms with Crippen LogP contribution in [-0.4, -0.2) is 41.7 Å². The molecule has 11 heteroatoms. The number of carbonyl (C=O) groups excluding carboxylic acids is 1. The molecule has 0 saturated carbocycles. The van der Waals surface area contributed by atoms with Crippen molar-refractivity contribution < 1.29 is 17.6 Å². The Hall–Kier alpha value is -2.66. The number of aryl methyl sites for hydroxylation is 1. The van der Waals surface area contributed by atoms with Crippen LogP contribution in [0.2, 0.25) is 0 Å². The van der Waals surface area contributed by atoms with Crippen LogP contribution in [0.1, 0.15) is 24.3 Å². The first-order valence-electron chi connectivity index (χ1n) is 8.42. The summed E-state index contributed by atoms with van der Waals surface area (Å²) in [4.78, 5) is 39.4. The lowest BCUT2D eigenvalue weighted by Crippen LogP contribution is -2.46. The molecule has 1 atom stereocenters. The van der Waals surface area contributed by atoms with Gasteiger partial charge in [-0.25, -0.2) is 13.2 Å². The first kappa shape index (κ1) is 19.1. The molecule has 3 rings (SSSR count). The molecule has 0 bridgehead atoms. The third-order valence-electron chi connectivity index (χ3n) is 4.44. The van der Waals surface area contributed by atoms with Gasteiger partial charge in [-0.3, -0.25) is 14.6 Å². The molecule has 2 aromatic heterocycles. The quantitative estimate of drug-likeness (QED) is 0.632. The molecule has 0 spiro atoms. The summed E-state index contributed by atoms with van der Waals surface area (Å²) in [5, 5.41) is 2.73. The lowest BCUT2D eigenvalue weighted by Gasteiger charge is -2.31. The monoisotopic (exact) mass is 396 g/mol. The number of aromatic nitrogens is 2. The second-order valence-corrected chi connectivity index (χ2v) is 8.24. The van der Waals surface area contributed by atoms with Crippen LogP contribution >= 0.6 is 0 Å². The number of hydrogen-bond donors (Lipinski definition) is 3. The summed E-state index contributed by atoms with van der Waals surface area (Å²) in [7, 11) is -4.14. The highest BCUT2D eigenvalue weighted by Crippen LogP contribution is 2.23. The van der Waals surface area contributed by atoms with Crippen LogP contribution in [-0.2, 0) is 21.4 Å². The summed E-state index contributed by atoms with van der Waals surface area (Å²) >= 11 is 0. The highest BCUT2D eigenvalue weighted by atomic mass is 32.2. The van der Waals surface area contributed by atoms with Gasteiger partial charge in [0.2, 0.25) is 15.9 Å². The number of nitrogens with zero attached hydrogens (tertiary/aromatic N) is 1. The molecule has 1 aliphatic rings. The number of sulfonamides is 1. The summed E-state index contributed by atoms with van der Waals surface area (Å²) in [6.07, 6.45) is 2.52. The fraction of sp³-hybridized carbons (Fsp3) is 0.438. The Morgan fingerprint density at radius 2 is 2.15 bits per heavy atom. The van der Waals surface area contributed by atoms with Crippen LogP contribution in [0.15, 0.2) is 37.3 Å². The number of hydrogen-bond acceptors (Lipinski definition) is 6. The minimum atomic E-state index is -4.14. The Kier molecular flexibility index (Phi) is 5.33. The lowest BCUT2D eigenvalue weighted by molar-refractivity contribution is -0.126. The first-order valence-corrected chi connectivity index (χ1v) is 9.86. The van der Waals surface area contributed by atoms with E-state index < -0.39 is 32.1 Å². The van der Waals surface area contributed by atoms with Gasteiger partial charge in [-0.2, -0.15) is 4.31 Å². The standard InChI is InChI=1S/C16H20N4O6S/c1-10-13(15(22)19-16(23)18-10)27(24,25)20-6-2-4-11(9-20)14(21)17-8-12-5-3-7-26-12/h3,5,7,11H,2,4,6,8-9H2,1H3,(H,17,21)(H2,18,19,22,23)/t11-/m0/s1. The highest BCUT2D eigenvalue weighted by Gasteiger charge is 2.35. The van der Waals surface area contributed by atoms with Gasteiger partial charge in [-0.05, 0) is 31.9 Å². The second kappa shape index (κ2) is 7.53. The molecular weight excluding hydrogens is 376 g/mol. The Bertz CT molecular complexity index is 1040. The van der Waals surface area contributed by atoms with Crippen LogP contribution in [0.3, 0.4) is 0 Å². The summed E-state index contributed by atoms with van der Waals surface area (Å²) in [6, 6.07) is 3.43. The zero-order valence-electron chi connectivity index (χ0n) is 14.6. The van der Waals surface area contributed by atoms with Crippen molar-refractivity contribution in [1.29, 1.82) is 0 Å². The van der Waals surface area contributed by atoms with Crippen LogP contribution in [0.5, 0.6) is 0 Å². The van der Waals surface area contributed by atoms with E-state index in [9.17, 15) is 22.8 Å². The molecule has 0 aromatic carbocycles. The summed E-state index contributed by atoms with van der Waals surface area (Å²) in [5.41, 5.74) is -1.78. The third-order valence-corrected chi connectivity index (χ3v) is 6.46. The van der Waals surface area contributed by atoms with Crippen molar-refractivity contribution in [2.45, 2.75) is 31.2 Å². The van der Waals surface area contributed by atoms with Gasteiger partial charge in [0.1, 0.15) is 5.76 Å². The van der Waals surface area contributed by atoms with E-state index in [2.05, 4.69) is 10.3 Å². The predicted octanol–water partition coefficient (Wildman–Crippen LogP) is -0.318. The molecule has 27 heavy (non-hydrogen) atoms. The van der Waals surface area contributed by atoms with Gasteiger partial charge in [0, 0.05) is 18.8 Å². The van der Waals surface area contributed by atoms with Crippen molar-refractivity contribution >= 4 is 15.9 Å². The normalized spacial score (nSPS) is 18.3. The maximum atomic E-state index is 12.9. The number of H-pyrrole nitrogens is 2. The van der Waals surface area contributed by atoms with Gasteiger partial charge in [-0.15, -0.1) is 0 Å². The molecule has 0 aliphatic carbocycles. The molecule has 1 fully saturated rings. The molecule has 1 saturated heterocycles. The van der Waals surface area contributed by atoms with Crippen LogP contribution in [0, 0.1) is 12.8 Å². The zero-order valence-corrected chi connectivity index (χ0v) is 15.5. The molecule has 1 amide bonds. The molecule has 0 unspecified atom stereocenters. The van der Waals surface area contributed by atoms with E-state index in [1.807, 2.05) is 4.98 Å². The van der Waals surface area contributed by atoms with Crippen molar-refractivity contribution in [1.82, 2.24) is 19.6 Å². The Labute approximate surface area is 154 Å². The van der Waals surface area contributed by atoms with Crippen molar-refractivity contribution in [3.05, 3.63) is 50.7 Å². The number of aromatic amines is 2. The van der Waals surface area contributed by atoms with E-state index >= 15 is 0 Å². The summed E-state index contributed by atoms with van der Waals surface area (Å²) < 4.78 is 32.0. The third kappa shape index (κ3) is 4.03. The topological polar surface area (TPSA) is 145 Å². The van der Waals surface area contributed by atoms with Gasteiger partial charge in [-0.1, -0.05) is 0 Å². The molecule has 2 aromatic rings. The molecule has 146 valence electrons. The molecule has 0 radical (unpaired) electrons. The van der Waals surface area contributed by atoms with Gasteiger partial charge >= 0.3 is 5.69 Å². The number of nitrogens with one attached hydrogen (secondary N) is 3. The highest BCUT2D eigenvalue weighted by molar-refractivity contribution is 7.89. The van der Waals surface area contributed by atoms with Gasteiger partial charge in [0.25, 0.3) is 5.56 Å². The zero-order chi connectivity index (χ0) is 19.6. The van der Waals surface area contributed by atoms with Crippen molar-refractivity contribution in [3.8, 4) is 0 Å². The predicted molar refractivity (Wildman–Crippen MR) is 94.5 cm³/mol. The Morgan fingerprint density at radius 3 is 2.81 bits per heavy atom. The number of amides is 1. The average Bonchev–Trinajstić information content (AvgIpc) is 3.12. The van der Waals surface area contributed by atoms with Crippen molar-refractivity contribution in [2.75, 3.05) is 13.1 Å². The molecule has 10 nitrogen and oxygen atoms in total. The van der Waals surface area contributed by atoms with E-state index in [0.29, 0.717) is 18.6 Å². The molecule has 3 N–H and O–H groups in total. The fourth-order valence-corrected chi connectivity index (χ4v) is 4.86. The molecule has 1 aliphatic heterocycles. The van der Waals surface area contributed by atoms with Crippen LogP contribution < -0.4 is 16.6 Å². The van der Waals surface area contributed by atoms with E-state index in [-0.39, 0.29) is 31.2 Å². The SMILES string of the molecule is Cc1[nH]c(=O)[nH]c(=O)c1S(=O)(=O)N1CCC[C@H](C(=O)NCc2ccco2)C1. The molecule has 3 heterocycles. The maximum Gasteiger partial charge on any atom is 0.325 e. The van der Waals surface area contributed by atoms with E-state index in [4.69, 9.17) is 4.42 Å². The van der Waals surface area contributed by atoms with E-state index in [1.165, 1.54) is 13.2 Å². The van der Waals surface area contributed by atoms with Crippen molar-refractivity contribution in [3.63, 3.8) is 0 Å². The largest absolute Gasteiger partial charge is 0.467 e. The van der Waals surface area contributed by atoms with Gasteiger partial charge < -0.3 is 14.7 Å². The fourth-order valence-electron chi connectivity index (χ4n) is 3.13. The minimum absolute atomic E-state index is 0.0341. The second-order valence-electron chi connectivity index (χ2n) is 6.36. The van der Waals surface area contributed by atoms with Crippen molar-refractivity contribution in [2.24, 2.45) is 5.92 Å². The van der Waals surface area contributed by atoms with Crippen LogP contribution in [0.4, 0.5) is 0 Å². The summed E-state index contributed by atoms with van der Waals surface area (Å²) in [5.74, 6) is -0.219. The number of carbonyl (C=O) groups is 1. The first-order chi connectivity index (χ1) is 12.8. The maximum absolute atomic E-state index is 12.9. The molecular formula is C16H20N4O6S. The lowest BCUT2D eigenvalue weighted by atomic mass is 9.99. The number of furan rings is 1. The average molecular weight is 396 g/mol. The summed E-state index contributed by atoms with van der Waals surface area (Å²) in [6.45, 7) is 1.72. The minimum Gasteiger partial charge on any atom is -0.467 e. The Balaban J connectivity index is 1.76. The number of piperidine rings is 1. The smallest absolute Gasteiger partial charge is 0.325 e. The Morgan fingerprint density at radius 1 is 1.37 bits per heavy atom. The van der Waals surface area contributed by atoms with E-state index in [1.54, 1.807) is 12.1 Å².